The number of para-hydroxylation sites is 2. The number of fused-ring (bicyclic) bond motifs is 1. The summed E-state index contributed by atoms with van der Waals surface area (Å²) < 4.78 is 0.939. The highest BCUT2D eigenvalue weighted by Crippen LogP contribution is 2.30. The van der Waals surface area contributed by atoms with E-state index in [2.05, 4.69) is 20.9 Å². The quantitative estimate of drug-likeness (QED) is 0.244. The second-order valence-electron chi connectivity index (χ2n) is 8.84. The topological polar surface area (TPSA) is 99.5 Å². The van der Waals surface area contributed by atoms with E-state index < -0.39 is 6.04 Å². The maximum Gasteiger partial charge on any atom is 0.265 e. The van der Waals surface area contributed by atoms with Crippen LogP contribution in [0.4, 0.5) is 11.4 Å². The lowest BCUT2D eigenvalue weighted by Gasteiger charge is -2.20. The van der Waals surface area contributed by atoms with Gasteiger partial charge in [0.05, 0.1) is 16.3 Å². The van der Waals surface area contributed by atoms with Gasteiger partial charge < -0.3 is 26.6 Å². The number of carbonyl (C=O) groups is 2. The van der Waals surface area contributed by atoms with Crippen molar-refractivity contribution in [1.29, 1.82) is 0 Å². The zero-order chi connectivity index (χ0) is 25.5. The fourth-order valence-corrected chi connectivity index (χ4v) is 4.82. The van der Waals surface area contributed by atoms with Crippen LogP contribution in [0.15, 0.2) is 78.9 Å². The number of rotatable bonds is 10. The van der Waals surface area contributed by atoms with Crippen LogP contribution >= 0.6 is 11.3 Å². The summed E-state index contributed by atoms with van der Waals surface area (Å²) in [6.07, 6.45) is 0. The number of benzene rings is 3. The van der Waals surface area contributed by atoms with Gasteiger partial charge in [-0.2, -0.15) is 0 Å². The number of hydrogen-bond donors (Lipinski definition) is 4. The molecular formula is C28H31N5O2S. The Labute approximate surface area is 215 Å². The zero-order valence-electron chi connectivity index (χ0n) is 20.5. The average Bonchev–Trinajstić information content (AvgIpc) is 3.31. The number of nitrogen functional groups attached to an aromatic ring is 1. The van der Waals surface area contributed by atoms with E-state index in [1.54, 1.807) is 12.1 Å². The molecule has 1 aromatic heterocycles. The molecule has 2 amide bonds. The molecule has 8 heteroatoms. The summed E-state index contributed by atoms with van der Waals surface area (Å²) in [5.41, 5.74) is 8.96. The van der Waals surface area contributed by atoms with E-state index in [-0.39, 0.29) is 11.8 Å². The van der Waals surface area contributed by atoms with Gasteiger partial charge in [0.15, 0.2) is 0 Å². The lowest BCUT2D eigenvalue weighted by Crippen LogP contribution is -2.39. The number of thiophene rings is 1. The van der Waals surface area contributed by atoms with Gasteiger partial charge in [-0.05, 0) is 54.9 Å². The number of nitrogens with two attached hydrogens (primary N) is 1. The summed E-state index contributed by atoms with van der Waals surface area (Å²) in [5, 5.41) is 10.3. The lowest BCUT2D eigenvalue weighted by molar-refractivity contribution is -0.123. The Morgan fingerprint density at radius 2 is 1.72 bits per heavy atom. The Bertz CT molecular complexity index is 1340. The molecule has 0 aliphatic heterocycles. The number of carbonyl (C=O) groups excluding carboxylic acids is 2. The van der Waals surface area contributed by atoms with Crippen LogP contribution < -0.4 is 21.7 Å². The fraction of sp³-hybridized carbons (Fsp3) is 0.214. The van der Waals surface area contributed by atoms with Crippen molar-refractivity contribution >= 4 is 44.6 Å². The van der Waals surface area contributed by atoms with Gasteiger partial charge in [0.1, 0.15) is 6.04 Å². The molecule has 7 nitrogen and oxygen atoms in total. The molecule has 0 aliphatic rings. The van der Waals surface area contributed by atoms with Crippen molar-refractivity contribution in [3.05, 3.63) is 94.9 Å². The predicted octanol–water partition coefficient (Wildman–Crippen LogP) is 4.24. The highest BCUT2D eigenvalue weighted by Gasteiger charge is 2.21. The molecule has 1 atom stereocenters. The molecule has 0 radical (unpaired) electrons. The Morgan fingerprint density at radius 1 is 0.972 bits per heavy atom. The minimum absolute atomic E-state index is 0.0916. The molecule has 186 valence electrons. The summed E-state index contributed by atoms with van der Waals surface area (Å²) >= 11 is 1.39. The van der Waals surface area contributed by atoms with Crippen LogP contribution in [0.3, 0.4) is 0 Å². The molecule has 0 spiro atoms. The normalized spacial score (nSPS) is 12.0. The highest BCUT2D eigenvalue weighted by molar-refractivity contribution is 7.20. The average molecular weight is 502 g/mol. The van der Waals surface area contributed by atoms with Crippen LogP contribution in [-0.2, 0) is 11.3 Å². The summed E-state index contributed by atoms with van der Waals surface area (Å²) in [4.78, 5) is 28.7. The predicted molar refractivity (Wildman–Crippen MR) is 148 cm³/mol. The molecule has 3 aromatic carbocycles. The third kappa shape index (κ3) is 6.48. The zero-order valence-corrected chi connectivity index (χ0v) is 21.3. The fourth-order valence-electron chi connectivity index (χ4n) is 3.82. The molecule has 1 heterocycles. The van der Waals surface area contributed by atoms with Crippen molar-refractivity contribution in [3.63, 3.8) is 0 Å². The highest BCUT2D eigenvalue weighted by atomic mass is 32.1. The lowest BCUT2D eigenvalue weighted by atomic mass is 10.0. The number of nitrogens with one attached hydrogen (secondary N) is 3. The standard InChI is InChI=1S/C28H31N5O2S/c1-33(2)15-14-30-26(28(35)31-18-19-8-4-3-5-9-19)21-13-12-20-16-25(36-24(20)17-21)27(34)32-23-11-7-6-10-22(23)29/h3-13,16-17,26,30H,14-15,18,29H2,1-2H3,(H,31,35)(H,32,34). The van der Waals surface area contributed by atoms with E-state index in [0.29, 0.717) is 29.3 Å². The molecule has 0 aliphatic carbocycles. The van der Waals surface area contributed by atoms with Gasteiger partial charge in [0.2, 0.25) is 5.91 Å². The Balaban J connectivity index is 1.53. The van der Waals surface area contributed by atoms with E-state index in [9.17, 15) is 9.59 Å². The van der Waals surface area contributed by atoms with Crippen molar-refractivity contribution in [3.8, 4) is 0 Å². The van der Waals surface area contributed by atoms with Gasteiger partial charge >= 0.3 is 0 Å². The molecule has 0 saturated carbocycles. The van der Waals surface area contributed by atoms with Crippen molar-refractivity contribution < 1.29 is 9.59 Å². The van der Waals surface area contributed by atoms with Crippen LogP contribution in [0.25, 0.3) is 10.1 Å². The van der Waals surface area contributed by atoms with Crippen LogP contribution in [0.1, 0.15) is 26.8 Å². The first-order chi connectivity index (χ1) is 17.4. The number of hydrogen-bond acceptors (Lipinski definition) is 6. The number of nitrogens with zero attached hydrogens (tertiary/aromatic N) is 1. The minimum atomic E-state index is -0.512. The van der Waals surface area contributed by atoms with Crippen LogP contribution in [0.5, 0.6) is 0 Å². The van der Waals surface area contributed by atoms with E-state index >= 15 is 0 Å². The van der Waals surface area contributed by atoms with Gasteiger partial charge in [-0.3, -0.25) is 9.59 Å². The summed E-state index contributed by atoms with van der Waals surface area (Å²) in [7, 11) is 4.00. The molecular weight excluding hydrogens is 470 g/mol. The summed E-state index contributed by atoms with van der Waals surface area (Å²) in [6, 6.07) is 24.3. The maximum absolute atomic E-state index is 13.2. The van der Waals surface area contributed by atoms with E-state index in [0.717, 1.165) is 27.8 Å². The third-order valence-electron chi connectivity index (χ3n) is 5.79. The van der Waals surface area contributed by atoms with Gasteiger partial charge in [-0.15, -0.1) is 11.3 Å². The molecule has 0 fully saturated rings. The first kappa shape index (κ1) is 25.4. The minimum Gasteiger partial charge on any atom is -0.397 e. The Morgan fingerprint density at radius 3 is 2.47 bits per heavy atom. The molecule has 4 rings (SSSR count). The molecule has 4 aromatic rings. The van der Waals surface area contributed by atoms with Crippen molar-refractivity contribution in [1.82, 2.24) is 15.5 Å². The Hall–Kier alpha value is -3.72. The molecule has 0 saturated heterocycles. The van der Waals surface area contributed by atoms with E-state index in [1.807, 2.05) is 80.8 Å². The third-order valence-corrected chi connectivity index (χ3v) is 6.89. The molecule has 0 bridgehead atoms. The molecule has 5 N–H and O–H groups in total. The number of anilines is 2. The van der Waals surface area contributed by atoms with Crippen LogP contribution in [-0.4, -0.2) is 43.9 Å². The molecule has 1 unspecified atom stereocenters. The first-order valence-electron chi connectivity index (χ1n) is 11.8. The summed E-state index contributed by atoms with van der Waals surface area (Å²) in [6.45, 7) is 1.92. The van der Waals surface area contributed by atoms with Crippen molar-refractivity contribution in [2.24, 2.45) is 0 Å². The second kappa shape index (κ2) is 11.8. The van der Waals surface area contributed by atoms with Crippen molar-refractivity contribution in [2.45, 2.75) is 12.6 Å². The van der Waals surface area contributed by atoms with Crippen LogP contribution in [0.2, 0.25) is 0 Å². The SMILES string of the molecule is CN(C)CCNC(C(=O)NCc1ccccc1)c1ccc2cc(C(=O)Nc3ccccc3N)sc2c1. The largest absolute Gasteiger partial charge is 0.397 e. The summed E-state index contributed by atoms with van der Waals surface area (Å²) in [5.74, 6) is -0.303. The number of amides is 2. The van der Waals surface area contributed by atoms with Crippen molar-refractivity contribution in [2.75, 3.05) is 38.2 Å². The van der Waals surface area contributed by atoms with Gasteiger partial charge in [0.25, 0.3) is 5.91 Å². The maximum atomic E-state index is 13.2. The monoisotopic (exact) mass is 501 g/mol. The van der Waals surface area contributed by atoms with E-state index in [4.69, 9.17) is 5.73 Å². The smallest absolute Gasteiger partial charge is 0.265 e. The first-order valence-corrected chi connectivity index (χ1v) is 12.6. The van der Waals surface area contributed by atoms with Gasteiger partial charge in [-0.1, -0.05) is 54.6 Å². The second-order valence-corrected chi connectivity index (χ2v) is 9.93. The van der Waals surface area contributed by atoms with Gasteiger partial charge in [0, 0.05) is 24.3 Å². The van der Waals surface area contributed by atoms with Crippen LogP contribution in [0, 0.1) is 0 Å². The van der Waals surface area contributed by atoms with E-state index in [1.165, 1.54) is 11.3 Å². The number of likely N-dealkylation sites (N-methyl/N-ethyl adjacent to an activating group) is 1. The van der Waals surface area contributed by atoms with Gasteiger partial charge in [-0.25, -0.2) is 0 Å². The molecule has 36 heavy (non-hydrogen) atoms. The Kier molecular flexibility index (Phi) is 8.32.